The molecule has 0 saturated heterocycles. The van der Waals surface area contributed by atoms with Crippen molar-refractivity contribution in [1.29, 1.82) is 5.26 Å². The minimum Gasteiger partial charge on any atom is -0.382 e. The van der Waals surface area contributed by atoms with Gasteiger partial charge in [-0.05, 0) is 18.6 Å². The van der Waals surface area contributed by atoms with Crippen LogP contribution in [0.4, 0.5) is 4.39 Å². The lowest BCUT2D eigenvalue weighted by Gasteiger charge is -2.22. The first-order valence-electron chi connectivity index (χ1n) is 4.34. The number of aliphatic hydroxyl groups is 1. The maximum absolute atomic E-state index is 12.6. The van der Waals surface area contributed by atoms with Gasteiger partial charge < -0.3 is 5.11 Å². The first kappa shape index (κ1) is 10.6. The van der Waals surface area contributed by atoms with Crippen LogP contribution in [-0.4, -0.2) is 10.1 Å². The minimum absolute atomic E-state index is 0.0396. The molecule has 0 bridgehead atoms. The van der Waals surface area contributed by atoms with Crippen LogP contribution in [0, 0.1) is 17.1 Å². The van der Waals surface area contributed by atoms with Crippen molar-refractivity contribution >= 4 is 0 Å². The first-order valence-corrected chi connectivity index (χ1v) is 4.34. The number of halogens is 1. The van der Waals surface area contributed by atoms with E-state index in [-0.39, 0.29) is 6.42 Å². The Hall–Kier alpha value is -1.47. The number of rotatable bonds is 3. The van der Waals surface area contributed by atoms with Gasteiger partial charge >= 0.3 is 0 Å². The zero-order chi connectivity index (χ0) is 10.6. The quantitative estimate of drug-likeness (QED) is 0.797. The molecule has 0 amide bonds. The van der Waals surface area contributed by atoms with Gasteiger partial charge in [0, 0.05) is 0 Å². The fraction of sp³-hybridized carbons (Fsp3) is 0.400. The first-order chi connectivity index (χ1) is 6.62. The summed E-state index contributed by atoms with van der Waals surface area (Å²) in [6.45, 7) is 1.75. The number of nitrogens with zero attached hydrogens (tertiary/aromatic N) is 2. The maximum atomic E-state index is 12.6. The van der Waals surface area contributed by atoms with Gasteiger partial charge in [0.1, 0.15) is 11.4 Å². The van der Waals surface area contributed by atoms with Crippen molar-refractivity contribution in [3.8, 4) is 6.07 Å². The molecule has 0 fully saturated rings. The fourth-order valence-electron chi connectivity index (χ4n) is 1.18. The largest absolute Gasteiger partial charge is 0.382 e. The molecule has 1 atom stereocenters. The van der Waals surface area contributed by atoms with E-state index in [1.54, 1.807) is 6.92 Å². The van der Waals surface area contributed by atoms with Crippen molar-refractivity contribution in [2.24, 2.45) is 0 Å². The van der Waals surface area contributed by atoms with Crippen molar-refractivity contribution in [3.05, 3.63) is 29.8 Å². The van der Waals surface area contributed by atoms with Gasteiger partial charge in [-0.3, -0.25) is 4.98 Å². The Morgan fingerprint density at radius 2 is 2.36 bits per heavy atom. The zero-order valence-electron chi connectivity index (χ0n) is 7.87. The van der Waals surface area contributed by atoms with E-state index in [1.165, 1.54) is 12.1 Å². The Balaban J connectivity index is 3.01. The highest BCUT2D eigenvalue weighted by Crippen LogP contribution is 2.26. The van der Waals surface area contributed by atoms with E-state index >= 15 is 0 Å². The van der Waals surface area contributed by atoms with E-state index in [4.69, 9.17) is 5.26 Å². The maximum Gasteiger partial charge on any atom is 0.141 e. The van der Waals surface area contributed by atoms with Crippen LogP contribution in [0.3, 0.4) is 0 Å². The van der Waals surface area contributed by atoms with Crippen LogP contribution in [-0.2, 0) is 5.60 Å². The average molecular weight is 194 g/mol. The summed E-state index contributed by atoms with van der Waals surface area (Å²) in [5.74, 6) is -0.454. The molecule has 1 aromatic rings. The Morgan fingerprint density at radius 1 is 1.64 bits per heavy atom. The molecule has 4 heteroatoms. The molecule has 0 saturated carbocycles. The SMILES string of the molecule is CCC(O)(CC#N)c1ccc(F)cn1. The predicted octanol–water partition coefficient (Wildman–Crippen LogP) is 1.73. The summed E-state index contributed by atoms with van der Waals surface area (Å²) in [6, 6.07) is 4.51. The summed E-state index contributed by atoms with van der Waals surface area (Å²) in [7, 11) is 0. The summed E-state index contributed by atoms with van der Waals surface area (Å²) < 4.78 is 12.6. The van der Waals surface area contributed by atoms with E-state index in [0.717, 1.165) is 6.20 Å². The topological polar surface area (TPSA) is 56.9 Å². The Labute approximate surface area is 81.8 Å². The standard InChI is InChI=1S/C10H11FN2O/c1-2-10(14,5-6-12)9-4-3-8(11)7-13-9/h3-4,7,14H,2,5H2,1H3. The van der Waals surface area contributed by atoms with Gasteiger partial charge in [0.25, 0.3) is 0 Å². The van der Waals surface area contributed by atoms with Crippen LogP contribution in [0.1, 0.15) is 25.5 Å². The minimum atomic E-state index is -1.26. The number of hydrogen-bond acceptors (Lipinski definition) is 3. The molecule has 0 spiro atoms. The molecule has 0 aliphatic heterocycles. The highest BCUT2D eigenvalue weighted by molar-refractivity contribution is 5.15. The lowest BCUT2D eigenvalue weighted by Crippen LogP contribution is -2.25. The summed E-state index contributed by atoms with van der Waals surface area (Å²) >= 11 is 0. The number of hydrogen-bond donors (Lipinski definition) is 1. The van der Waals surface area contributed by atoms with E-state index in [1.807, 2.05) is 6.07 Å². The van der Waals surface area contributed by atoms with Gasteiger partial charge in [-0.1, -0.05) is 6.92 Å². The Bertz CT molecular complexity index is 344. The van der Waals surface area contributed by atoms with E-state index in [0.29, 0.717) is 12.1 Å². The highest BCUT2D eigenvalue weighted by atomic mass is 19.1. The predicted molar refractivity (Wildman–Crippen MR) is 48.6 cm³/mol. The third kappa shape index (κ3) is 2.06. The van der Waals surface area contributed by atoms with Gasteiger partial charge in [-0.2, -0.15) is 5.26 Å². The van der Waals surface area contributed by atoms with Crippen LogP contribution in [0.2, 0.25) is 0 Å². The molecule has 1 N–H and O–H groups in total. The molecule has 0 aliphatic rings. The molecule has 0 radical (unpaired) electrons. The van der Waals surface area contributed by atoms with Crippen molar-refractivity contribution < 1.29 is 9.50 Å². The van der Waals surface area contributed by atoms with Gasteiger partial charge in [0.15, 0.2) is 0 Å². The van der Waals surface area contributed by atoms with Crippen LogP contribution < -0.4 is 0 Å². The van der Waals surface area contributed by atoms with Crippen molar-refractivity contribution in [3.63, 3.8) is 0 Å². The van der Waals surface area contributed by atoms with Gasteiger partial charge in [-0.25, -0.2) is 4.39 Å². The van der Waals surface area contributed by atoms with E-state index in [9.17, 15) is 9.50 Å². The molecule has 74 valence electrons. The normalized spacial score (nSPS) is 14.4. The van der Waals surface area contributed by atoms with Gasteiger partial charge in [0.05, 0.1) is 24.4 Å². The molecular weight excluding hydrogens is 183 g/mol. The van der Waals surface area contributed by atoms with E-state index in [2.05, 4.69) is 4.98 Å². The van der Waals surface area contributed by atoms with Crippen LogP contribution in [0.15, 0.2) is 18.3 Å². The van der Waals surface area contributed by atoms with Crippen molar-refractivity contribution in [2.45, 2.75) is 25.4 Å². The van der Waals surface area contributed by atoms with Crippen LogP contribution >= 0.6 is 0 Å². The second-order valence-corrected chi connectivity index (χ2v) is 3.08. The third-order valence-electron chi connectivity index (χ3n) is 2.16. The third-order valence-corrected chi connectivity index (χ3v) is 2.16. The molecule has 3 nitrogen and oxygen atoms in total. The van der Waals surface area contributed by atoms with Gasteiger partial charge in [-0.15, -0.1) is 0 Å². The van der Waals surface area contributed by atoms with Crippen LogP contribution in [0.5, 0.6) is 0 Å². The van der Waals surface area contributed by atoms with E-state index < -0.39 is 11.4 Å². The molecule has 14 heavy (non-hydrogen) atoms. The molecular formula is C10H11FN2O. The van der Waals surface area contributed by atoms with Crippen molar-refractivity contribution in [2.75, 3.05) is 0 Å². The summed E-state index contributed by atoms with van der Waals surface area (Å²) in [4.78, 5) is 3.76. The Morgan fingerprint density at radius 3 is 2.79 bits per heavy atom. The molecule has 1 heterocycles. The molecule has 1 rings (SSSR count). The zero-order valence-corrected chi connectivity index (χ0v) is 7.87. The number of pyridine rings is 1. The molecule has 1 unspecified atom stereocenters. The summed E-state index contributed by atoms with van der Waals surface area (Å²) in [5, 5.41) is 18.5. The second kappa shape index (κ2) is 4.16. The molecule has 0 aromatic carbocycles. The van der Waals surface area contributed by atoms with Gasteiger partial charge in [0.2, 0.25) is 0 Å². The molecule has 1 aromatic heterocycles. The fourth-order valence-corrected chi connectivity index (χ4v) is 1.18. The smallest absolute Gasteiger partial charge is 0.141 e. The van der Waals surface area contributed by atoms with Crippen molar-refractivity contribution in [1.82, 2.24) is 4.98 Å². The second-order valence-electron chi connectivity index (χ2n) is 3.08. The summed E-state index contributed by atoms with van der Waals surface area (Å²) in [5.41, 5.74) is -0.925. The highest BCUT2D eigenvalue weighted by Gasteiger charge is 2.28. The summed E-state index contributed by atoms with van der Waals surface area (Å²) in [6.07, 6.45) is 1.37. The lowest BCUT2D eigenvalue weighted by molar-refractivity contribution is 0.0328. The monoisotopic (exact) mass is 194 g/mol. The van der Waals surface area contributed by atoms with Crippen LogP contribution in [0.25, 0.3) is 0 Å². The molecule has 0 aliphatic carbocycles. The number of nitriles is 1. The average Bonchev–Trinajstić information content (AvgIpc) is 2.19. The number of aromatic nitrogens is 1. The Kier molecular flexibility index (Phi) is 3.15. The lowest BCUT2D eigenvalue weighted by atomic mass is 9.93.